The van der Waals surface area contributed by atoms with Gasteiger partial charge in [-0.15, -0.1) is 0 Å². The predicted octanol–water partition coefficient (Wildman–Crippen LogP) is 4.38. The minimum atomic E-state index is -1.02. The standard InChI is InChI=1S/C14H10BrClO3/c15-10-3-6-12(14(17)18)13(7-10)19-8-9-1-4-11(16)5-2-9/h1-7H,8H2,(H,17,18). The number of rotatable bonds is 4. The third-order valence-electron chi connectivity index (χ3n) is 2.48. The van der Waals surface area contributed by atoms with E-state index in [1.165, 1.54) is 6.07 Å². The molecule has 0 aliphatic heterocycles. The molecule has 2 aromatic carbocycles. The van der Waals surface area contributed by atoms with Crippen molar-refractivity contribution in [3.05, 3.63) is 63.1 Å². The Morgan fingerprint density at radius 1 is 1.21 bits per heavy atom. The fourth-order valence-electron chi connectivity index (χ4n) is 1.53. The van der Waals surface area contributed by atoms with Crippen molar-refractivity contribution in [3.8, 4) is 5.75 Å². The van der Waals surface area contributed by atoms with Gasteiger partial charge in [-0.25, -0.2) is 4.79 Å². The van der Waals surface area contributed by atoms with Gasteiger partial charge in [0.2, 0.25) is 0 Å². The van der Waals surface area contributed by atoms with Gasteiger partial charge in [-0.3, -0.25) is 0 Å². The molecule has 0 aromatic heterocycles. The first-order valence-corrected chi connectivity index (χ1v) is 6.63. The molecule has 19 heavy (non-hydrogen) atoms. The summed E-state index contributed by atoms with van der Waals surface area (Å²) < 4.78 is 6.32. The first-order valence-electron chi connectivity index (χ1n) is 5.46. The molecule has 2 rings (SSSR count). The fourth-order valence-corrected chi connectivity index (χ4v) is 2.00. The third-order valence-corrected chi connectivity index (χ3v) is 3.23. The lowest BCUT2D eigenvalue weighted by Crippen LogP contribution is -2.03. The van der Waals surface area contributed by atoms with Crippen LogP contribution >= 0.6 is 27.5 Å². The van der Waals surface area contributed by atoms with Gasteiger partial charge in [-0.05, 0) is 35.9 Å². The molecule has 1 N–H and O–H groups in total. The highest BCUT2D eigenvalue weighted by Crippen LogP contribution is 2.25. The zero-order chi connectivity index (χ0) is 13.8. The van der Waals surface area contributed by atoms with Gasteiger partial charge in [0.15, 0.2) is 0 Å². The van der Waals surface area contributed by atoms with Gasteiger partial charge < -0.3 is 9.84 Å². The van der Waals surface area contributed by atoms with Crippen LogP contribution in [-0.4, -0.2) is 11.1 Å². The molecule has 0 atom stereocenters. The van der Waals surface area contributed by atoms with Crippen LogP contribution in [0.1, 0.15) is 15.9 Å². The number of ether oxygens (including phenoxy) is 1. The van der Waals surface area contributed by atoms with E-state index in [9.17, 15) is 4.79 Å². The Morgan fingerprint density at radius 2 is 1.89 bits per heavy atom. The quantitative estimate of drug-likeness (QED) is 0.897. The van der Waals surface area contributed by atoms with Crippen LogP contribution in [0.4, 0.5) is 0 Å². The number of benzene rings is 2. The van der Waals surface area contributed by atoms with Gasteiger partial charge in [-0.2, -0.15) is 0 Å². The molecule has 0 radical (unpaired) electrons. The average molecular weight is 342 g/mol. The molecule has 0 unspecified atom stereocenters. The molecular formula is C14H10BrClO3. The Labute approximate surface area is 123 Å². The van der Waals surface area contributed by atoms with Crippen molar-refractivity contribution in [3.63, 3.8) is 0 Å². The van der Waals surface area contributed by atoms with Crippen molar-refractivity contribution in [2.75, 3.05) is 0 Å². The van der Waals surface area contributed by atoms with E-state index in [0.29, 0.717) is 10.8 Å². The molecular weight excluding hydrogens is 332 g/mol. The number of carboxylic acids is 1. The van der Waals surface area contributed by atoms with Crippen molar-refractivity contribution < 1.29 is 14.6 Å². The molecule has 0 amide bonds. The first-order chi connectivity index (χ1) is 9.06. The second-order valence-corrected chi connectivity index (χ2v) is 5.21. The summed E-state index contributed by atoms with van der Waals surface area (Å²) in [6, 6.07) is 12.0. The Bertz CT molecular complexity index is 596. The van der Waals surface area contributed by atoms with Crippen molar-refractivity contribution in [2.45, 2.75) is 6.61 Å². The van der Waals surface area contributed by atoms with E-state index < -0.39 is 5.97 Å². The van der Waals surface area contributed by atoms with Crippen molar-refractivity contribution in [2.24, 2.45) is 0 Å². The lowest BCUT2D eigenvalue weighted by Gasteiger charge is -2.09. The van der Waals surface area contributed by atoms with E-state index in [1.54, 1.807) is 24.3 Å². The molecule has 5 heteroatoms. The number of carbonyl (C=O) groups is 1. The highest BCUT2D eigenvalue weighted by molar-refractivity contribution is 9.10. The second kappa shape index (κ2) is 6.08. The number of hydrogen-bond donors (Lipinski definition) is 1. The SMILES string of the molecule is O=C(O)c1ccc(Br)cc1OCc1ccc(Cl)cc1. The zero-order valence-electron chi connectivity index (χ0n) is 9.77. The van der Waals surface area contributed by atoms with Crippen LogP contribution in [0.25, 0.3) is 0 Å². The van der Waals surface area contributed by atoms with Gasteiger partial charge >= 0.3 is 5.97 Å². The smallest absolute Gasteiger partial charge is 0.339 e. The number of carboxylic acid groups (broad SMARTS) is 1. The van der Waals surface area contributed by atoms with E-state index in [4.69, 9.17) is 21.4 Å². The summed E-state index contributed by atoms with van der Waals surface area (Å²) >= 11 is 9.08. The third kappa shape index (κ3) is 3.72. The topological polar surface area (TPSA) is 46.5 Å². The maximum atomic E-state index is 11.1. The Kier molecular flexibility index (Phi) is 4.45. The van der Waals surface area contributed by atoms with Gasteiger partial charge in [0, 0.05) is 9.50 Å². The highest BCUT2D eigenvalue weighted by Gasteiger charge is 2.11. The Hall–Kier alpha value is -1.52. The minimum absolute atomic E-state index is 0.136. The normalized spacial score (nSPS) is 10.2. The van der Waals surface area contributed by atoms with E-state index >= 15 is 0 Å². The maximum Gasteiger partial charge on any atom is 0.339 e. The summed E-state index contributed by atoms with van der Waals surface area (Å²) in [5.74, 6) is -0.685. The Balaban J connectivity index is 2.16. The predicted molar refractivity (Wildman–Crippen MR) is 76.9 cm³/mol. The number of aromatic carboxylic acids is 1. The van der Waals surface area contributed by atoms with Crippen molar-refractivity contribution >= 4 is 33.5 Å². The molecule has 3 nitrogen and oxygen atoms in total. The molecule has 0 aliphatic carbocycles. The molecule has 0 fully saturated rings. The van der Waals surface area contributed by atoms with Crippen LogP contribution in [0, 0.1) is 0 Å². The van der Waals surface area contributed by atoms with E-state index in [2.05, 4.69) is 15.9 Å². The molecule has 98 valence electrons. The second-order valence-electron chi connectivity index (χ2n) is 3.86. The van der Waals surface area contributed by atoms with Crippen LogP contribution in [0.3, 0.4) is 0 Å². The molecule has 0 spiro atoms. The van der Waals surface area contributed by atoms with Gasteiger partial charge in [0.1, 0.15) is 17.9 Å². The largest absolute Gasteiger partial charge is 0.488 e. The first kappa shape index (κ1) is 13.9. The summed E-state index contributed by atoms with van der Waals surface area (Å²) in [4.78, 5) is 11.1. The van der Waals surface area contributed by atoms with Crippen LogP contribution in [0.15, 0.2) is 46.9 Å². The highest BCUT2D eigenvalue weighted by atomic mass is 79.9. The zero-order valence-corrected chi connectivity index (χ0v) is 12.1. The van der Waals surface area contributed by atoms with E-state index in [1.807, 2.05) is 12.1 Å². The van der Waals surface area contributed by atoms with Gasteiger partial charge in [-0.1, -0.05) is 39.7 Å². The van der Waals surface area contributed by atoms with Gasteiger partial charge in [0.05, 0.1) is 0 Å². The van der Waals surface area contributed by atoms with Crippen molar-refractivity contribution in [1.82, 2.24) is 0 Å². The summed E-state index contributed by atoms with van der Waals surface area (Å²) in [5.41, 5.74) is 1.05. The van der Waals surface area contributed by atoms with Crippen LogP contribution in [-0.2, 0) is 6.61 Å². The number of hydrogen-bond acceptors (Lipinski definition) is 2. The molecule has 0 aliphatic rings. The van der Waals surface area contributed by atoms with Crippen LogP contribution < -0.4 is 4.74 Å². The van der Waals surface area contributed by atoms with Gasteiger partial charge in [0.25, 0.3) is 0 Å². The molecule has 0 saturated carbocycles. The lowest BCUT2D eigenvalue weighted by atomic mass is 10.2. The average Bonchev–Trinajstić information content (AvgIpc) is 2.38. The summed E-state index contributed by atoms with van der Waals surface area (Å²) in [6.45, 7) is 0.286. The summed E-state index contributed by atoms with van der Waals surface area (Å²) in [7, 11) is 0. The van der Waals surface area contributed by atoms with Crippen LogP contribution in [0.5, 0.6) is 5.75 Å². The molecule has 0 heterocycles. The fraction of sp³-hybridized carbons (Fsp3) is 0.0714. The summed E-state index contributed by atoms with van der Waals surface area (Å²) in [5, 5.41) is 9.73. The maximum absolute atomic E-state index is 11.1. The molecule has 0 saturated heterocycles. The monoisotopic (exact) mass is 340 g/mol. The number of halogens is 2. The molecule has 2 aromatic rings. The van der Waals surface area contributed by atoms with E-state index in [0.717, 1.165) is 10.0 Å². The molecule has 0 bridgehead atoms. The van der Waals surface area contributed by atoms with E-state index in [-0.39, 0.29) is 12.2 Å². The minimum Gasteiger partial charge on any atom is -0.488 e. The van der Waals surface area contributed by atoms with Crippen molar-refractivity contribution in [1.29, 1.82) is 0 Å². The summed E-state index contributed by atoms with van der Waals surface area (Å²) in [6.07, 6.45) is 0. The van der Waals surface area contributed by atoms with Crippen LogP contribution in [0.2, 0.25) is 5.02 Å². The Morgan fingerprint density at radius 3 is 2.53 bits per heavy atom. The lowest BCUT2D eigenvalue weighted by molar-refractivity contribution is 0.0691.